The zero-order valence-corrected chi connectivity index (χ0v) is 24.0. The van der Waals surface area contributed by atoms with Crippen LogP contribution in [0.2, 0.25) is 0 Å². The maximum Gasteiger partial charge on any atom is 0.328 e. The second-order valence-electron chi connectivity index (χ2n) is 10.7. The number of amides is 3. The van der Waals surface area contributed by atoms with E-state index < -0.39 is 35.9 Å². The average Bonchev–Trinajstić information content (AvgIpc) is 3.31. The van der Waals surface area contributed by atoms with Crippen LogP contribution >= 0.6 is 0 Å². The van der Waals surface area contributed by atoms with E-state index in [2.05, 4.69) is 44.5 Å². The maximum absolute atomic E-state index is 13.5. The number of benzene rings is 2. The molecule has 0 radical (unpaired) electrons. The average molecular weight is 578 g/mol. The van der Waals surface area contributed by atoms with Crippen LogP contribution in [0.5, 0.6) is 0 Å². The highest BCUT2D eigenvalue weighted by Gasteiger charge is 2.30. The lowest BCUT2D eigenvalue weighted by Crippen LogP contribution is -2.56. The van der Waals surface area contributed by atoms with E-state index >= 15 is 0 Å². The number of aromatic nitrogens is 1. The third kappa shape index (κ3) is 7.77. The van der Waals surface area contributed by atoms with Gasteiger partial charge in [-0.15, -0.1) is 0 Å². The number of H-pyrrole nitrogens is 1. The lowest BCUT2D eigenvalue weighted by Gasteiger charge is -2.25. The van der Waals surface area contributed by atoms with Crippen LogP contribution < -0.4 is 27.0 Å². The van der Waals surface area contributed by atoms with Gasteiger partial charge in [0.15, 0.2) is 5.96 Å². The lowest BCUT2D eigenvalue weighted by molar-refractivity contribution is -0.145. The minimum atomic E-state index is -1.000. The van der Waals surface area contributed by atoms with Gasteiger partial charge in [-0.3, -0.25) is 19.8 Å². The van der Waals surface area contributed by atoms with Crippen LogP contribution in [0.3, 0.4) is 0 Å². The molecule has 3 atom stereocenters. The van der Waals surface area contributed by atoms with Gasteiger partial charge >= 0.3 is 5.97 Å². The fourth-order valence-corrected chi connectivity index (χ4v) is 5.38. The third-order valence-electron chi connectivity index (χ3n) is 7.49. The lowest BCUT2D eigenvalue weighted by atomic mass is 9.99. The zero-order valence-electron chi connectivity index (χ0n) is 24.0. The van der Waals surface area contributed by atoms with E-state index in [0.717, 1.165) is 45.8 Å². The molecule has 2 heterocycles. The molecule has 3 amide bonds. The molecule has 1 unspecified atom stereocenters. The van der Waals surface area contributed by atoms with Crippen molar-refractivity contribution in [1.82, 2.24) is 26.3 Å². The highest BCUT2D eigenvalue weighted by atomic mass is 16.5. The van der Waals surface area contributed by atoms with Crippen LogP contribution in [-0.2, 0) is 36.8 Å². The number of esters is 1. The summed E-state index contributed by atoms with van der Waals surface area (Å²) in [6.45, 7) is 1.65. The Labute approximate surface area is 244 Å². The number of hydrogen-bond donors (Lipinski definition) is 7. The molecule has 1 aromatic heterocycles. The van der Waals surface area contributed by atoms with E-state index in [-0.39, 0.29) is 24.7 Å². The molecule has 1 aliphatic rings. The monoisotopic (exact) mass is 577 g/mol. The number of fused-ring (bicyclic) bond motifs is 2. The Morgan fingerprint density at radius 3 is 2.38 bits per heavy atom. The fourth-order valence-electron chi connectivity index (χ4n) is 5.38. The number of hydrogen-bond acceptors (Lipinski definition) is 6. The molecule has 224 valence electrons. The minimum Gasteiger partial charge on any atom is -0.467 e. The molecule has 0 aliphatic carbocycles. The number of methoxy groups -OCH3 is 1. The zero-order chi connectivity index (χ0) is 30.2. The summed E-state index contributed by atoms with van der Waals surface area (Å²) in [6.07, 6.45) is 3.47. The van der Waals surface area contributed by atoms with E-state index in [1.165, 1.54) is 14.0 Å². The van der Waals surface area contributed by atoms with Gasteiger partial charge in [0.25, 0.3) is 0 Å². The van der Waals surface area contributed by atoms with Crippen molar-refractivity contribution in [2.24, 2.45) is 5.73 Å². The van der Waals surface area contributed by atoms with Crippen LogP contribution in [-0.4, -0.2) is 66.4 Å². The number of nitrogens with one attached hydrogen (secondary N) is 6. The number of guanidine groups is 1. The fraction of sp³-hybridized carbons (Fsp3) is 0.433. The number of carbonyl (C=O) groups excluding carboxylic acids is 4. The molecule has 8 N–H and O–H groups in total. The number of rotatable bonds is 6. The molecule has 0 saturated carbocycles. The van der Waals surface area contributed by atoms with E-state index in [1.54, 1.807) is 0 Å². The summed E-state index contributed by atoms with van der Waals surface area (Å²) < 4.78 is 4.95. The Kier molecular flexibility index (Phi) is 10.00. The normalized spacial score (nSPS) is 20.1. The molecule has 1 aliphatic heterocycles. The molecule has 0 fully saturated rings. The Morgan fingerprint density at radius 2 is 1.71 bits per heavy atom. The molecular formula is C30H39N7O5. The summed E-state index contributed by atoms with van der Waals surface area (Å²) in [7, 11) is 1.27. The summed E-state index contributed by atoms with van der Waals surface area (Å²) in [5.74, 6) is -2.21. The van der Waals surface area contributed by atoms with Crippen LogP contribution in [0.4, 0.5) is 0 Å². The predicted molar refractivity (Wildman–Crippen MR) is 160 cm³/mol. The molecule has 0 spiro atoms. The molecule has 4 rings (SSSR count). The van der Waals surface area contributed by atoms with Gasteiger partial charge in [-0.2, -0.15) is 0 Å². The van der Waals surface area contributed by atoms with Gasteiger partial charge in [-0.25, -0.2) is 4.79 Å². The SMILES string of the molecule is COC(=O)[C@@H]1CCCCc2ccc3[nH]c4ccc(cc4c3c2)CC(NC(C)=O)C(=O)N[C@@H](CCCNC(=N)N)C(=O)N1. The molecular weight excluding hydrogens is 538 g/mol. The second kappa shape index (κ2) is 13.8. The number of carbonyl (C=O) groups is 4. The van der Waals surface area contributed by atoms with Gasteiger partial charge in [0.05, 0.1) is 7.11 Å². The molecule has 42 heavy (non-hydrogen) atoms. The van der Waals surface area contributed by atoms with Gasteiger partial charge in [0.1, 0.15) is 18.1 Å². The molecule has 4 bridgehead atoms. The van der Waals surface area contributed by atoms with Gasteiger partial charge in [0, 0.05) is 41.7 Å². The number of aromatic amines is 1. The first-order valence-corrected chi connectivity index (χ1v) is 14.2. The van der Waals surface area contributed by atoms with E-state index in [0.29, 0.717) is 25.8 Å². The van der Waals surface area contributed by atoms with Gasteiger partial charge in [0.2, 0.25) is 17.7 Å². The summed E-state index contributed by atoms with van der Waals surface area (Å²) in [5, 5.41) is 20.4. The van der Waals surface area contributed by atoms with Crippen LogP contribution in [0, 0.1) is 5.41 Å². The van der Waals surface area contributed by atoms with E-state index in [4.69, 9.17) is 15.9 Å². The number of ether oxygens (including phenoxy) is 1. The molecule has 12 heteroatoms. The first-order chi connectivity index (χ1) is 20.1. The molecule has 2 aromatic carbocycles. The molecule has 3 aromatic rings. The quantitative estimate of drug-likeness (QED) is 0.0999. The summed E-state index contributed by atoms with van der Waals surface area (Å²) in [4.78, 5) is 55.1. The van der Waals surface area contributed by atoms with Crippen molar-refractivity contribution in [3.63, 3.8) is 0 Å². The Morgan fingerprint density at radius 1 is 1.02 bits per heavy atom. The Balaban J connectivity index is 1.69. The topological polar surface area (TPSA) is 191 Å². The Bertz CT molecular complexity index is 1480. The predicted octanol–water partition coefficient (Wildman–Crippen LogP) is 1.50. The number of nitrogens with two attached hydrogens (primary N) is 1. The highest BCUT2D eigenvalue weighted by molar-refractivity contribution is 6.07. The van der Waals surface area contributed by atoms with Crippen molar-refractivity contribution in [2.75, 3.05) is 13.7 Å². The maximum atomic E-state index is 13.5. The molecule has 12 nitrogen and oxygen atoms in total. The van der Waals surface area contributed by atoms with Gasteiger partial charge in [-0.1, -0.05) is 18.6 Å². The number of aryl methyl sites for hydroxylation is 1. The summed E-state index contributed by atoms with van der Waals surface area (Å²) in [6, 6.07) is 9.38. The van der Waals surface area contributed by atoms with Crippen molar-refractivity contribution in [2.45, 2.75) is 70.0 Å². The van der Waals surface area contributed by atoms with Crippen molar-refractivity contribution in [3.05, 3.63) is 47.5 Å². The van der Waals surface area contributed by atoms with E-state index in [9.17, 15) is 19.2 Å². The largest absolute Gasteiger partial charge is 0.467 e. The van der Waals surface area contributed by atoms with Gasteiger partial charge < -0.3 is 36.7 Å². The summed E-state index contributed by atoms with van der Waals surface area (Å²) >= 11 is 0. The van der Waals surface area contributed by atoms with E-state index in [1.807, 2.05) is 18.2 Å². The van der Waals surface area contributed by atoms with Crippen molar-refractivity contribution in [1.29, 1.82) is 5.41 Å². The van der Waals surface area contributed by atoms with Crippen LogP contribution in [0.25, 0.3) is 21.8 Å². The van der Waals surface area contributed by atoms with Crippen LogP contribution in [0.15, 0.2) is 36.4 Å². The van der Waals surface area contributed by atoms with Crippen molar-refractivity contribution in [3.8, 4) is 0 Å². The minimum absolute atomic E-state index is 0.201. The van der Waals surface area contributed by atoms with Crippen molar-refractivity contribution < 1.29 is 23.9 Å². The first kappa shape index (κ1) is 30.4. The second-order valence-corrected chi connectivity index (χ2v) is 10.7. The smallest absolute Gasteiger partial charge is 0.328 e. The molecule has 0 saturated heterocycles. The Hall–Kier alpha value is -4.61. The first-order valence-electron chi connectivity index (χ1n) is 14.2. The van der Waals surface area contributed by atoms with Crippen molar-refractivity contribution >= 4 is 51.5 Å². The standard InChI is InChI=1S/C30H39N7O5/c1-17(38)34-26-16-19-10-12-23-21(15-19)20-14-18(9-11-22(20)35-23)6-3-4-7-25(29(41)42-2)37-27(39)24(36-28(26)40)8-5-13-33-30(31)32/h9-12,14-15,24-26,35H,3-8,13,16H2,1-2H3,(H,34,38)(H,36,40)(H,37,39)(H4,31,32,33)/t24-,25-,26?/m0/s1. The third-order valence-corrected chi connectivity index (χ3v) is 7.49. The van der Waals surface area contributed by atoms with Gasteiger partial charge in [-0.05, 0) is 67.5 Å². The van der Waals surface area contributed by atoms with Crippen LogP contribution in [0.1, 0.15) is 50.2 Å². The summed E-state index contributed by atoms with van der Waals surface area (Å²) in [5.41, 5.74) is 9.35. The highest BCUT2D eigenvalue weighted by Crippen LogP contribution is 2.28.